The van der Waals surface area contributed by atoms with E-state index in [9.17, 15) is 0 Å². The van der Waals surface area contributed by atoms with Crippen molar-refractivity contribution in [2.75, 3.05) is 13.1 Å². The molecule has 0 bridgehead atoms. The summed E-state index contributed by atoms with van der Waals surface area (Å²) < 4.78 is 0. The standard InChI is InChI=1S/C28H27N7/c1-34-32-28(31-33-34)23-14-15-24-25(18-23)30-26(21-8-4-2-5-9-21)27(29-24)22-12-10-20(11-13-22)19-35-16-6-3-7-17-35/h2,4-5,8-15,18H,3,6-7,16-17,19H2,1H3. The SMILES string of the molecule is Cn1nnc(-c2ccc3nc(-c4ccc(CN5CCCCC5)cc4)c(-c4ccccc4)nc3c2)n1. The zero-order valence-electron chi connectivity index (χ0n) is 19.8. The van der Waals surface area contributed by atoms with Crippen LogP contribution in [0.25, 0.3) is 44.9 Å². The van der Waals surface area contributed by atoms with E-state index >= 15 is 0 Å². The minimum Gasteiger partial charge on any atom is -0.299 e. The van der Waals surface area contributed by atoms with Crippen LogP contribution in [0.15, 0.2) is 72.8 Å². The largest absolute Gasteiger partial charge is 0.299 e. The van der Waals surface area contributed by atoms with Crippen molar-refractivity contribution in [3.63, 3.8) is 0 Å². The molecule has 7 heteroatoms. The first-order valence-electron chi connectivity index (χ1n) is 12.2. The first-order chi connectivity index (χ1) is 17.2. The lowest BCUT2D eigenvalue weighted by molar-refractivity contribution is 0.221. The molecule has 0 atom stereocenters. The molecule has 0 spiro atoms. The zero-order valence-corrected chi connectivity index (χ0v) is 19.8. The molecular weight excluding hydrogens is 434 g/mol. The molecule has 1 saturated heterocycles. The normalized spacial score (nSPS) is 14.4. The van der Waals surface area contributed by atoms with E-state index in [1.165, 1.54) is 42.7 Å². The Balaban J connectivity index is 1.40. The van der Waals surface area contributed by atoms with E-state index in [1.807, 2.05) is 36.4 Å². The van der Waals surface area contributed by atoms with E-state index in [1.54, 1.807) is 7.05 Å². The third-order valence-electron chi connectivity index (χ3n) is 6.56. The van der Waals surface area contributed by atoms with Gasteiger partial charge in [-0.3, -0.25) is 4.90 Å². The maximum atomic E-state index is 5.08. The number of piperidine rings is 1. The van der Waals surface area contributed by atoms with Crippen LogP contribution >= 0.6 is 0 Å². The summed E-state index contributed by atoms with van der Waals surface area (Å²) in [6.07, 6.45) is 3.97. The molecule has 1 fully saturated rings. The number of rotatable bonds is 5. The first-order valence-corrected chi connectivity index (χ1v) is 12.2. The van der Waals surface area contributed by atoms with E-state index in [0.717, 1.165) is 45.7 Å². The number of aromatic nitrogens is 6. The van der Waals surface area contributed by atoms with Crippen molar-refractivity contribution in [2.45, 2.75) is 25.8 Å². The van der Waals surface area contributed by atoms with Gasteiger partial charge in [-0.15, -0.1) is 10.2 Å². The molecule has 0 radical (unpaired) electrons. The van der Waals surface area contributed by atoms with Crippen LogP contribution in [0.1, 0.15) is 24.8 Å². The lowest BCUT2D eigenvalue weighted by atomic mass is 10.0. The number of fused-ring (bicyclic) bond motifs is 1. The summed E-state index contributed by atoms with van der Waals surface area (Å²) in [7, 11) is 1.76. The number of hydrogen-bond acceptors (Lipinski definition) is 6. The minimum atomic E-state index is 0.575. The monoisotopic (exact) mass is 461 g/mol. The zero-order chi connectivity index (χ0) is 23.6. The van der Waals surface area contributed by atoms with Crippen molar-refractivity contribution in [1.29, 1.82) is 0 Å². The van der Waals surface area contributed by atoms with Crippen molar-refractivity contribution in [3.05, 3.63) is 78.4 Å². The van der Waals surface area contributed by atoms with Crippen molar-refractivity contribution in [1.82, 2.24) is 35.1 Å². The molecule has 0 aliphatic carbocycles. The highest BCUT2D eigenvalue weighted by molar-refractivity contribution is 5.88. The van der Waals surface area contributed by atoms with Crippen molar-refractivity contribution < 1.29 is 0 Å². The van der Waals surface area contributed by atoms with Crippen LogP contribution in [0.3, 0.4) is 0 Å². The molecule has 2 aromatic heterocycles. The Labute approximate surface area is 204 Å². The average Bonchev–Trinajstić information content (AvgIpc) is 3.35. The minimum absolute atomic E-state index is 0.575. The van der Waals surface area contributed by atoms with Gasteiger partial charge in [0.2, 0.25) is 5.82 Å². The lowest BCUT2D eigenvalue weighted by Crippen LogP contribution is -2.29. The van der Waals surface area contributed by atoms with E-state index in [-0.39, 0.29) is 0 Å². The van der Waals surface area contributed by atoms with E-state index in [4.69, 9.17) is 9.97 Å². The number of benzene rings is 3. The summed E-state index contributed by atoms with van der Waals surface area (Å²) in [5, 5.41) is 12.4. The van der Waals surface area contributed by atoms with Crippen LogP contribution in [0.5, 0.6) is 0 Å². The van der Waals surface area contributed by atoms with Gasteiger partial charge in [-0.2, -0.15) is 4.80 Å². The summed E-state index contributed by atoms with van der Waals surface area (Å²) in [5.41, 5.74) is 7.71. The summed E-state index contributed by atoms with van der Waals surface area (Å²) in [5.74, 6) is 0.575. The Morgan fingerprint density at radius 1 is 0.714 bits per heavy atom. The average molecular weight is 462 g/mol. The summed E-state index contributed by atoms with van der Waals surface area (Å²) in [4.78, 5) is 14.2. The van der Waals surface area contributed by atoms with Gasteiger partial charge in [-0.05, 0) is 54.9 Å². The maximum Gasteiger partial charge on any atom is 0.204 e. The summed E-state index contributed by atoms with van der Waals surface area (Å²) >= 11 is 0. The fourth-order valence-corrected chi connectivity index (χ4v) is 4.74. The molecule has 35 heavy (non-hydrogen) atoms. The molecule has 0 N–H and O–H groups in total. The molecule has 0 unspecified atom stereocenters. The van der Waals surface area contributed by atoms with Gasteiger partial charge in [0.1, 0.15) is 0 Å². The Morgan fingerprint density at radius 2 is 1.40 bits per heavy atom. The first kappa shape index (κ1) is 21.6. The second-order valence-corrected chi connectivity index (χ2v) is 9.13. The quantitative estimate of drug-likeness (QED) is 0.361. The highest BCUT2D eigenvalue weighted by Gasteiger charge is 2.16. The lowest BCUT2D eigenvalue weighted by Gasteiger charge is -2.26. The van der Waals surface area contributed by atoms with E-state index < -0.39 is 0 Å². The van der Waals surface area contributed by atoms with Gasteiger partial charge in [0, 0.05) is 23.2 Å². The van der Waals surface area contributed by atoms with Crippen LogP contribution in [0, 0.1) is 0 Å². The van der Waals surface area contributed by atoms with Gasteiger partial charge in [0.25, 0.3) is 0 Å². The van der Waals surface area contributed by atoms with Crippen molar-refractivity contribution >= 4 is 11.0 Å². The van der Waals surface area contributed by atoms with Gasteiger partial charge in [-0.1, -0.05) is 61.0 Å². The smallest absolute Gasteiger partial charge is 0.204 e. The molecule has 1 aliphatic rings. The molecule has 0 amide bonds. The predicted molar refractivity (Wildman–Crippen MR) is 137 cm³/mol. The molecule has 7 nitrogen and oxygen atoms in total. The maximum absolute atomic E-state index is 5.08. The van der Waals surface area contributed by atoms with Gasteiger partial charge in [0.15, 0.2) is 0 Å². The number of aryl methyl sites for hydroxylation is 1. The van der Waals surface area contributed by atoms with Crippen LogP contribution in [0.2, 0.25) is 0 Å². The Kier molecular flexibility index (Phi) is 5.76. The highest BCUT2D eigenvalue weighted by atomic mass is 15.6. The fraction of sp³-hybridized carbons (Fsp3) is 0.250. The van der Waals surface area contributed by atoms with Crippen LogP contribution in [-0.4, -0.2) is 48.2 Å². The van der Waals surface area contributed by atoms with Gasteiger partial charge >= 0.3 is 0 Å². The number of hydrogen-bond donors (Lipinski definition) is 0. The van der Waals surface area contributed by atoms with Gasteiger partial charge in [0.05, 0.1) is 29.5 Å². The second-order valence-electron chi connectivity index (χ2n) is 9.13. The topological polar surface area (TPSA) is 72.6 Å². The van der Waals surface area contributed by atoms with E-state index in [0.29, 0.717) is 5.82 Å². The highest BCUT2D eigenvalue weighted by Crippen LogP contribution is 2.32. The van der Waals surface area contributed by atoms with E-state index in [2.05, 4.69) is 56.7 Å². The molecule has 0 saturated carbocycles. The molecule has 3 heterocycles. The van der Waals surface area contributed by atoms with Crippen LogP contribution in [-0.2, 0) is 13.6 Å². The molecular formula is C28H27N7. The number of nitrogens with zero attached hydrogens (tertiary/aromatic N) is 7. The van der Waals surface area contributed by atoms with Crippen molar-refractivity contribution in [3.8, 4) is 33.9 Å². The number of likely N-dealkylation sites (tertiary alicyclic amines) is 1. The third kappa shape index (κ3) is 4.55. The molecule has 5 aromatic rings. The van der Waals surface area contributed by atoms with Gasteiger partial charge < -0.3 is 0 Å². The molecule has 6 rings (SSSR count). The second kappa shape index (κ2) is 9.35. The molecule has 3 aromatic carbocycles. The Hall–Kier alpha value is -3.97. The third-order valence-corrected chi connectivity index (χ3v) is 6.56. The summed E-state index contributed by atoms with van der Waals surface area (Å²) in [6.45, 7) is 3.40. The fourth-order valence-electron chi connectivity index (χ4n) is 4.74. The van der Waals surface area contributed by atoms with Crippen LogP contribution < -0.4 is 0 Å². The molecule has 1 aliphatic heterocycles. The summed E-state index contributed by atoms with van der Waals surface area (Å²) in [6, 6.07) is 25.0. The Morgan fingerprint density at radius 3 is 2.11 bits per heavy atom. The van der Waals surface area contributed by atoms with Gasteiger partial charge in [-0.25, -0.2) is 9.97 Å². The number of tetrazole rings is 1. The van der Waals surface area contributed by atoms with Crippen molar-refractivity contribution in [2.24, 2.45) is 7.05 Å². The Bertz CT molecular complexity index is 1450. The molecule has 174 valence electrons. The van der Waals surface area contributed by atoms with Crippen LogP contribution in [0.4, 0.5) is 0 Å². The predicted octanol–water partition coefficient (Wildman–Crippen LogP) is 5.14.